The molecule has 1 heterocycles. The van der Waals surface area contributed by atoms with Crippen molar-refractivity contribution >= 4 is 23.2 Å². The summed E-state index contributed by atoms with van der Waals surface area (Å²) in [4.78, 5) is 28.1. The molecule has 0 aliphatic rings. The molecular formula is C20H18N2O3S. The Bertz CT molecular complexity index is 863. The fourth-order valence-electron chi connectivity index (χ4n) is 2.31. The van der Waals surface area contributed by atoms with Gasteiger partial charge in [0.1, 0.15) is 18.2 Å². The maximum atomic E-state index is 11.8. The minimum Gasteiger partial charge on any atom is -0.458 e. The highest BCUT2D eigenvalue weighted by atomic mass is 32.1. The second-order valence-corrected chi connectivity index (χ2v) is 6.47. The molecule has 0 atom stereocenters. The van der Waals surface area contributed by atoms with Gasteiger partial charge in [0.15, 0.2) is 0 Å². The third-order valence-electron chi connectivity index (χ3n) is 3.59. The molecule has 0 aliphatic carbocycles. The summed E-state index contributed by atoms with van der Waals surface area (Å²) >= 11 is 1.50. The summed E-state index contributed by atoms with van der Waals surface area (Å²) in [6.45, 7) is -0.0575. The van der Waals surface area contributed by atoms with Crippen LogP contribution in [0.25, 0.3) is 10.6 Å². The van der Waals surface area contributed by atoms with Crippen LogP contribution in [0, 0.1) is 0 Å². The van der Waals surface area contributed by atoms with Crippen LogP contribution in [-0.4, -0.2) is 23.4 Å². The van der Waals surface area contributed by atoms with Gasteiger partial charge in [0.05, 0.1) is 12.1 Å². The fraction of sp³-hybridized carbons (Fsp3) is 0.150. The number of esters is 1. The second-order valence-electron chi connectivity index (χ2n) is 5.61. The Hall–Kier alpha value is -2.99. The lowest BCUT2D eigenvalue weighted by atomic mass is 10.1. The summed E-state index contributed by atoms with van der Waals surface area (Å²) < 4.78 is 5.17. The molecule has 0 spiro atoms. The minimum absolute atomic E-state index is 0.0940. The molecule has 6 heteroatoms. The lowest BCUT2D eigenvalue weighted by molar-refractivity contribution is -0.145. The van der Waals surface area contributed by atoms with E-state index in [1.54, 1.807) is 0 Å². The van der Waals surface area contributed by atoms with E-state index in [0.717, 1.165) is 16.1 Å². The lowest BCUT2D eigenvalue weighted by Gasteiger charge is -2.05. The lowest BCUT2D eigenvalue weighted by Crippen LogP contribution is -2.31. The normalized spacial score (nSPS) is 10.3. The fourth-order valence-corrected chi connectivity index (χ4v) is 3.12. The molecule has 0 fully saturated rings. The minimum atomic E-state index is -0.485. The number of rotatable bonds is 7. The molecule has 26 heavy (non-hydrogen) atoms. The SMILES string of the molecule is O=C(Cc1ccccc1)NCC(=O)OCc1csc(-c2ccccc2)n1. The van der Waals surface area contributed by atoms with E-state index in [-0.39, 0.29) is 25.5 Å². The van der Waals surface area contributed by atoms with Crippen molar-refractivity contribution in [3.05, 3.63) is 77.3 Å². The number of thiazole rings is 1. The Morgan fingerprint density at radius 3 is 2.42 bits per heavy atom. The van der Waals surface area contributed by atoms with Crippen LogP contribution in [0.2, 0.25) is 0 Å². The van der Waals surface area contributed by atoms with Crippen molar-refractivity contribution in [2.75, 3.05) is 6.54 Å². The van der Waals surface area contributed by atoms with Crippen LogP contribution in [0.15, 0.2) is 66.0 Å². The highest BCUT2D eigenvalue weighted by molar-refractivity contribution is 7.13. The number of aromatic nitrogens is 1. The first-order valence-corrected chi connectivity index (χ1v) is 9.05. The molecule has 2 aromatic carbocycles. The van der Waals surface area contributed by atoms with E-state index >= 15 is 0 Å². The molecule has 1 aromatic heterocycles. The zero-order valence-corrected chi connectivity index (χ0v) is 14.9. The third-order valence-corrected chi connectivity index (χ3v) is 4.53. The van der Waals surface area contributed by atoms with Gasteiger partial charge in [-0.15, -0.1) is 11.3 Å². The zero-order valence-electron chi connectivity index (χ0n) is 14.1. The molecule has 1 N–H and O–H groups in total. The van der Waals surface area contributed by atoms with Crippen LogP contribution in [0.4, 0.5) is 0 Å². The van der Waals surface area contributed by atoms with Crippen LogP contribution < -0.4 is 5.32 Å². The number of hydrogen-bond donors (Lipinski definition) is 1. The zero-order chi connectivity index (χ0) is 18.2. The van der Waals surface area contributed by atoms with Crippen LogP contribution in [-0.2, 0) is 27.4 Å². The van der Waals surface area contributed by atoms with Crippen LogP contribution in [0.5, 0.6) is 0 Å². The van der Waals surface area contributed by atoms with Gasteiger partial charge in [0.2, 0.25) is 5.91 Å². The molecule has 3 rings (SSSR count). The number of carbonyl (C=O) groups excluding carboxylic acids is 2. The summed E-state index contributed by atoms with van der Waals surface area (Å²) in [5, 5.41) is 5.31. The number of nitrogens with one attached hydrogen (secondary N) is 1. The van der Waals surface area contributed by atoms with Crippen LogP contribution in [0.1, 0.15) is 11.3 Å². The van der Waals surface area contributed by atoms with Gasteiger partial charge in [-0.3, -0.25) is 9.59 Å². The summed E-state index contributed by atoms with van der Waals surface area (Å²) in [5.74, 6) is -0.700. The Labute approximate surface area is 155 Å². The molecule has 0 saturated heterocycles. The van der Waals surface area contributed by atoms with E-state index in [1.807, 2.05) is 66.0 Å². The maximum Gasteiger partial charge on any atom is 0.325 e. The predicted octanol–water partition coefficient (Wildman–Crippen LogP) is 3.21. The maximum absolute atomic E-state index is 11.8. The van der Waals surface area contributed by atoms with Gasteiger partial charge in [-0.05, 0) is 5.56 Å². The highest BCUT2D eigenvalue weighted by Crippen LogP contribution is 2.23. The smallest absolute Gasteiger partial charge is 0.325 e. The van der Waals surface area contributed by atoms with Gasteiger partial charge in [-0.2, -0.15) is 0 Å². The van der Waals surface area contributed by atoms with E-state index in [0.29, 0.717) is 5.69 Å². The van der Waals surface area contributed by atoms with Crippen molar-refractivity contribution < 1.29 is 14.3 Å². The molecule has 5 nitrogen and oxygen atoms in total. The molecule has 132 valence electrons. The summed E-state index contributed by atoms with van der Waals surface area (Å²) in [6.07, 6.45) is 0.237. The van der Waals surface area contributed by atoms with E-state index in [2.05, 4.69) is 10.3 Å². The van der Waals surface area contributed by atoms with Gasteiger partial charge in [-0.1, -0.05) is 60.7 Å². The highest BCUT2D eigenvalue weighted by Gasteiger charge is 2.10. The number of hydrogen-bond acceptors (Lipinski definition) is 5. The predicted molar refractivity (Wildman–Crippen MR) is 101 cm³/mol. The molecular weight excluding hydrogens is 348 g/mol. The first-order valence-electron chi connectivity index (χ1n) is 8.17. The van der Waals surface area contributed by atoms with Crippen LogP contribution in [0.3, 0.4) is 0 Å². The number of amides is 1. The second kappa shape index (κ2) is 8.92. The van der Waals surface area contributed by atoms with Crippen molar-refractivity contribution in [1.29, 1.82) is 0 Å². The summed E-state index contributed by atoms with van der Waals surface area (Å²) in [7, 11) is 0. The van der Waals surface area contributed by atoms with Gasteiger partial charge in [0.25, 0.3) is 0 Å². The Morgan fingerprint density at radius 1 is 1.00 bits per heavy atom. The van der Waals surface area contributed by atoms with Gasteiger partial charge >= 0.3 is 5.97 Å². The van der Waals surface area contributed by atoms with Crippen molar-refractivity contribution in [1.82, 2.24) is 10.3 Å². The summed E-state index contributed by atoms with van der Waals surface area (Å²) in [6, 6.07) is 19.2. The van der Waals surface area contributed by atoms with E-state index in [4.69, 9.17) is 4.74 Å². The topological polar surface area (TPSA) is 68.3 Å². The van der Waals surface area contributed by atoms with Gasteiger partial charge < -0.3 is 10.1 Å². The molecule has 0 aliphatic heterocycles. The summed E-state index contributed by atoms with van der Waals surface area (Å²) in [5.41, 5.74) is 2.62. The molecule has 1 amide bonds. The molecule has 3 aromatic rings. The van der Waals surface area contributed by atoms with Crippen molar-refractivity contribution in [2.24, 2.45) is 0 Å². The average Bonchev–Trinajstić information content (AvgIpc) is 3.15. The monoisotopic (exact) mass is 366 g/mol. The van der Waals surface area contributed by atoms with E-state index in [1.165, 1.54) is 11.3 Å². The largest absolute Gasteiger partial charge is 0.458 e. The van der Waals surface area contributed by atoms with Crippen molar-refractivity contribution in [3.8, 4) is 10.6 Å². The molecule has 0 radical (unpaired) electrons. The van der Waals surface area contributed by atoms with E-state index in [9.17, 15) is 9.59 Å². The van der Waals surface area contributed by atoms with Crippen molar-refractivity contribution in [2.45, 2.75) is 13.0 Å². The van der Waals surface area contributed by atoms with Crippen molar-refractivity contribution in [3.63, 3.8) is 0 Å². The number of benzene rings is 2. The van der Waals surface area contributed by atoms with E-state index < -0.39 is 5.97 Å². The molecule has 0 unspecified atom stereocenters. The average molecular weight is 366 g/mol. The number of nitrogens with zero attached hydrogens (tertiary/aromatic N) is 1. The third kappa shape index (κ3) is 5.26. The van der Waals surface area contributed by atoms with Gasteiger partial charge in [0, 0.05) is 10.9 Å². The van der Waals surface area contributed by atoms with Crippen LogP contribution >= 0.6 is 11.3 Å². The molecule has 0 bridgehead atoms. The first kappa shape index (κ1) is 17.8. The Balaban J connectivity index is 1.42. The number of ether oxygens (including phenoxy) is 1. The number of carbonyl (C=O) groups is 2. The Morgan fingerprint density at radius 2 is 1.69 bits per heavy atom. The Kier molecular flexibility index (Phi) is 6.11. The quantitative estimate of drug-likeness (QED) is 0.652. The standard InChI is InChI=1S/C20H18N2O3S/c23-18(11-15-7-3-1-4-8-15)21-12-19(24)25-13-17-14-26-20(22-17)16-9-5-2-6-10-16/h1-10,14H,11-13H2,(H,21,23). The van der Waals surface area contributed by atoms with Gasteiger partial charge in [-0.25, -0.2) is 4.98 Å². The first-order chi connectivity index (χ1) is 12.7. The molecule has 0 saturated carbocycles.